The van der Waals surface area contributed by atoms with Crippen LogP contribution in [0.4, 0.5) is 0 Å². The van der Waals surface area contributed by atoms with Crippen molar-refractivity contribution in [1.82, 2.24) is 15.3 Å². The Balaban J connectivity index is 2.15. The van der Waals surface area contributed by atoms with Crippen molar-refractivity contribution < 1.29 is 4.74 Å². The smallest absolute Gasteiger partial charge is 0.0921 e. The summed E-state index contributed by atoms with van der Waals surface area (Å²) in [7, 11) is 1.73. The molecule has 4 nitrogen and oxygen atoms in total. The Kier molecular flexibility index (Phi) is 4.62. The number of ether oxygens (including phenoxy) is 1. The lowest BCUT2D eigenvalue weighted by Crippen LogP contribution is -2.37. The third-order valence-electron chi connectivity index (χ3n) is 2.49. The van der Waals surface area contributed by atoms with E-state index in [4.69, 9.17) is 4.74 Å². The van der Waals surface area contributed by atoms with E-state index in [-0.39, 0.29) is 6.10 Å². The van der Waals surface area contributed by atoms with Crippen molar-refractivity contribution in [1.29, 1.82) is 0 Å². The van der Waals surface area contributed by atoms with Crippen molar-refractivity contribution in [2.45, 2.75) is 32.4 Å². The fourth-order valence-corrected chi connectivity index (χ4v) is 1.23. The van der Waals surface area contributed by atoms with Crippen molar-refractivity contribution in [2.24, 2.45) is 0 Å². The molecule has 0 saturated heterocycles. The summed E-state index contributed by atoms with van der Waals surface area (Å²) in [5.41, 5.74) is 1.16. The summed E-state index contributed by atoms with van der Waals surface area (Å²) in [5, 5.41) is 3.40. The van der Waals surface area contributed by atoms with Crippen LogP contribution >= 0.6 is 0 Å². The van der Waals surface area contributed by atoms with Crippen LogP contribution in [-0.4, -0.2) is 35.8 Å². The molecule has 0 saturated carbocycles. The second-order valence-corrected chi connectivity index (χ2v) is 3.51. The molecule has 1 rings (SSSR count). The first-order valence-electron chi connectivity index (χ1n) is 4.97. The fraction of sp³-hybridized carbons (Fsp3) is 0.700. The molecule has 0 aliphatic rings. The van der Waals surface area contributed by atoms with Gasteiger partial charge in [-0.05, 0) is 13.8 Å². The number of hydrogen-bond acceptors (Lipinski definition) is 3. The average Bonchev–Trinajstić information content (AvgIpc) is 2.69. The number of H-pyrrole nitrogens is 1. The second-order valence-electron chi connectivity index (χ2n) is 3.51. The quantitative estimate of drug-likeness (QED) is 0.714. The van der Waals surface area contributed by atoms with Crippen LogP contribution < -0.4 is 5.32 Å². The lowest BCUT2D eigenvalue weighted by Gasteiger charge is -2.19. The summed E-state index contributed by atoms with van der Waals surface area (Å²) in [6, 6.07) is 0.378. The van der Waals surface area contributed by atoms with Gasteiger partial charge in [0, 0.05) is 38.0 Å². The largest absolute Gasteiger partial charge is 0.380 e. The molecule has 0 aliphatic heterocycles. The third-order valence-corrected chi connectivity index (χ3v) is 2.49. The van der Waals surface area contributed by atoms with E-state index in [1.807, 2.05) is 6.20 Å². The van der Waals surface area contributed by atoms with Crippen LogP contribution in [0.5, 0.6) is 0 Å². The lowest BCUT2D eigenvalue weighted by atomic mass is 10.2. The lowest BCUT2D eigenvalue weighted by molar-refractivity contribution is 0.0890. The van der Waals surface area contributed by atoms with Gasteiger partial charge in [0.05, 0.1) is 12.4 Å². The van der Waals surface area contributed by atoms with E-state index in [9.17, 15) is 0 Å². The molecule has 2 atom stereocenters. The van der Waals surface area contributed by atoms with Crippen molar-refractivity contribution in [3.05, 3.63) is 18.2 Å². The molecule has 80 valence electrons. The zero-order chi connectivity index (χ0) is 10.4. The maximum absolute atomic E-state index is 5.22. The molecule has 0 aromatic carbocycles. The Morgan fingerprint density at radius 3 is 2.93 bits per heavy atom. The highest BCUT2D eigenvalue weighted by Gasteiger charge is 2.09. The Hall–Kier alpha value is -0.870. The van der Waals surface area contributed by atoms with Crippen LogP contribution in [0.3, 0.4) is 0 Å². The number of aromatic amines is 1. The van der Waals surface area contributed by atoms with Gasteiger partial charge in [0.1, 0.15) is 0 Å². The number of aromatic nitrogens is 2. The molecule has 1 aromatic rings. The molecule has 2 N–H and O–H groups in total. The monoisotopic (exact) mass is 197 g/mol. The number of imidazole rings is 1. The Labute approximate surface area is 85.1 Å². The van der Waals surface area contributed by atoms with E-state index in [2.05, 4.69) is 29.1 Å². The van der Waals surface area contributed by atoms with E-state index in [1.165, 1.54) is 0 Å². The second kappa shape index (κ2) is 5.78. The van der Waals surface area contributed by atoms with E-state index >= 15 is 0 Å². The van der Waals surface area contributed by atoms with Crippen LogP contribution in [0.25, 0.3) is 0 Å². The standard InChI is InChI=1S/C10H19N3O/c1-8(9(2)14-3)12-5-4-10-6-11-7-13-10/h6-9,12H,4-5H2,1-3H3,(H,11,13). The minimum atomic E-state index is 0.247. The maximum Gasteiger partial charge on any atom is 0.0921 e. The van der Waals surface area contributed by atoms with Crippen molar-refractivity contribution >= 4 is 0 Å². The number of methoxy groups -OCH3 is 1. The number of nitrogens with zero attached hydrogens (tertiary/aromatic N) is 1. The van der Waals surface area contributed by atoms with E-state index in [1.54, 1.807) is 13.4 Å². The molecule has 1 aromatic heterocycles. The zero-order valence-electron chi connectivity index (χ0n) is 9.08. The van der Waals surface area contributed by atoms with Gasteiger partial charge in [-0.2, -0.15) is 0 Å². The molecular formula is C10H19N3O. The van der Waals surface area contributed by atoms with Gasteiger partial charge in [0.25, 0.3) is 0 Å². The van der Waals surface area contributed by atoms with Crippen molar-refractivity contribution in [3.63, 3.8) is 0 Å². The topological polar surface area (TPSA) is 49.9 Å². The van der Waals surface area contributed by atoms with E-state index in [0.29, 0.717) is 6.04 Å². The normalized spacial score (nSPS) is 15.4. The molecule has 0 radical (unpaired) electrons. The molecule has 0 aliphatic carbocycles. The summed E-state index contributed by atoms with van der Waals surface area (Å²) < 4.78 is 5.22. The summed E-state index contributed by atoms with van der Waals surface area (Å²) >= 11 is 0. The zero-order valence-corrected chi connectivity index (χ0v) is 9.08. The predicted molar refractivity (Wildman–Crippen MR) is 56.2 cm³/mol. The Bertz CT molecular complexity index is 236. The van der Waals surface area contributed by atoms with Gasteiger partial charge in [-0.1, -0.05) is 0 Å². The molecule has 0 spiro atoms. The summed E-state index contributed by atoms with van der Waals surface area (Å²) in [6.45, 7) is 5.13. The average molecular weight is 197 g/mol. The highest BCUT2D eigenvalue weighted by molar-refractivity contribution is 4.94. The predicted octanol–water partition coefficient (Wildman–Crippen LogP) is 0.965. The molecular weight excluding hydrogens is 178 g/mol. The van der Waals surface area contributed by atoms with Gasteiger partial charge in [-0.25, -0.2) is 4.98 Å². The first kappa shape index (κ1) is 11.2. The van der Waals surface area contributed by atoms with Crippen LogP contribution in [0.2, 0.25) is 0 Å². The first-order valence-corrected chi connectivity index (χ1v) is 4.97. The third kappa shape index (κ3) is 3.47. The maximum atomic E-state index is 5.22. The number of rotatable bonds is 6. The minimum Gasteiger partial charge on any atom is -0.380 e. The van der Waals surface area contributed by atoms with Crippen molar-refractivity contribution in [3.8, 4) is 0 Å². The molecule has 4 heteroatoms. The van der Waals surface area contributed by atoms with Crippen molar-refractivity contribution in [2.75, 3.05) is 13.7 Å². The minimum absolute atomic E-state index is 0.247. The summed E-state index contributed by atoms with van der Waals surface area (Å²) in [5.74, 6) is 0. The van der Waals surface area contributed by atoms with Gasteiger partial charge in [0.2, 0.25) is 0 Å². The highest BCUT2D eigenvalue weighted by Crippen LogP contribution is 1.97. The SMILES string of the molecule is COC(C)C(C)NCCc1cnc[nH]1. The molecule has 0 fully saturated rings. The van der Waals surface area contributed by atoms with Gasteiger partial charge in [-0.15, -0.1) is 0 Å². The van der Waals surface area contributed by atoms with Gasteiger partial charge in [-0.3, -0.25) is 0 Å². The van der Waals surface area contributed by atoms with E-state index in [0.717, 1.165) is 18.7 Å². The highest BCUT2D eigenvalue weighted by atomic mass is 16.5. The molecule has 0 amide bonds. The molecule has 14 heavy (non-hydrogen) atoms. The first-order chi connectivity index (χ1) is 6.74. The van der Waals surface area contributed by atoms with E-state index < -0.39 is 0 Å². The van der Waals surface area contributed by atoms with Crippen LogP contribution in [0.1, 0.15) is 19.5 Å². The molecule has 0 bridgehead atoms. The van der Waals surface area contributed by atoms with Crippen LogP contribution in [0, 0.1) is 0 Å². The van der Waals surface area contributed by atoms with Gasteiger partial charge in [0.15, 0.2) is 0 Å². The number of nitrogens with one attached hydrogen (secondary N) is 2. The number of hydrogen-bond donors (Lipinski definition) is 2. The molecule has 1 heterocycles. The van der Waals surface area contributed by atoms with Crippen LogP contribution in [-0.2, 0) is 11.2 Å². The Morgan fingerprint density at radius 1 is 1.57 bits per heavy atom. The summed E-state index contributed by atoms with van der Waals surface area (Å²) in [4.78, 5) is 7.03. The van der Waals surface area contributed by atoms with Gasteiger partial charge < -0.3 is 15.0 Å². The fourth-order valence-electron chi connectivity index (χ4n) is 1.23. The molecule has 2 unspecified atom stereocenters. The summed E-state index contributed by atoms with van der Waals surface area (Å²) in [6.07, 6.45) is 4.78. The van der Waals surface area contributed by atoms with Gasteiger partial charge >= 0.3 is 0 Å². The van der Waals surface area contributed by atoms with Crippen LogP contribution in [0.15, 0.2) is 12.5 Å². The Morgan fingerprint density at radius 2 is 2.36 bits per heavy atom.